The molecule has 0 atom stereocenters. The summed E-state index contributed by atoms with van der Waals surface area (Å²) in [5, 5.41) is 5.21. The molecule has 5 nitrogen and oxygen atoms in total. The molecule has 0 amide bonds. The Balaban J connectivity index is 1.74. The fourth-order valence-corrected chi connectivity index (χ4v) is 2.88. The molecule has 0 bridgehead atoms. The molecule has 1 aliphatic heterocycles. The van der Waals surface area contributed by atoms with Crippen LogP contribution in [0.25, 0.3) is 10.9 Å². The second-order valence-corrected chi connectivity index (χ2v) is 5.98. The van der Waals surface area contributed by atoms with Crippen molar-refractivity contribution in [3.05, 3.63) is 29.0 Å². The van der Waals surface area contributed by atoms with Crippen LogP contribution in [0.15, 0.2) is 18.2 Å². The second kappa shape index (κ2) is 7.22. The minimum absolute atomic E-state index is 0.706. The van der Waals surface area contributed by atoms with Crippen molar-refractivity contribution in [2.24, 2.45) is 0 Å². The van der Waals surface area contributed by atoms with Gasteiger partial charge in [0.1, 0.15) is 24.7 Å². The molecule has 2 N–H and O–H groups in total. The minimum atomic E-state index is 0.706. The van der Waals surface area contributed by atoms with Gasteiger partial charge in [-0.05, 0) is 18.2 Å². The van der Waals surface area contributed by atoms with Gasteiger partial charge in [0.2, 0.25) is 0 Å². The molecule has 2 heterocycles. The van der Waals surface area contributed by atoms with Crippen molar-refractivity contribution < 1.29 is 9.64 Å². The molecule has 1 aromatic heterocycles. The van der Waals surface area contributed by atoms with Crippen molar-refractivity contribution in [3.63, 3.8) is 0 Å². The number of ether oxygens (including phenoxy) is 1. The number of nitrogens with zero attached hydrogens (tertiary/aromatic N) is 2. The van der Waals surface area contributed by atoms with Crippen LogP contribution in [0.5, 0.6) is 0 Å². The van der Waals surface area contributed by atoms with Gasteiger partial charge >= 0.3 is 0 Å². The Morgan fingerprint density at radius 3 is 2.86 bits per heavy atom. The Labute approximate surface area is 135 Å². The summed E-state index contributed by atoms with van der Waals surface area (Å²) in [6.45, 7) is 7.93. The van der Waals surface area contributed by atoms with Gasteiger partial charge in [0, 0.05) is 16.8 Å². The predicted octanol–water partition coefficient (Wildman–Crippen LogP) is 1.17. The van der Waals surface area contributed by atoms with Crippen LogP contribution in [-0.2, 0) is 11.2 Å². The molecule has 0 radical (unpaired) electrons. The smallest absolute Gasteiger partial charge is 0.137 e. The van der Waals surface area contributed by atoms with Gasteiger partial charge in [-0.25, -0.2) is 9.97 Å². The molecule has 1 fully saturated rings. The Morgan fingerprint density at radius 1 is 1.27 bits per heavy atom. The van der Waals surface area contributed by atoms with Crippen LogP contribution >= 0.6 is 11.6 Å². The Kier molecular flexibility index (Phi) is 5.08. The lowest BCUT2D eigenvalue weighted by molar-refractivity contribution is -0.906. The monoisotopic (exact) mass is 321 g/mol. The first-order valence-electron chi connectivity index (χ1n) is 7.87. The lowest BCUT2D eigenvalue weighted by atomic mass is 10.2. The highest BCUT2D eigenvalue weighted by Gasteiger charge is 2.13. The summed E-state index contributed by atoms with van der Waals surface area (Å²) in [5.74, 6) is 1.75. The van der Waals surface area contributed by atoms with E-state index in [1.54, 1.807) is 4.90 Å². The number of hydrogen-bond donors (Lipinski definition) is 2. The van der Waals surface area contributed by atoms with Crippen molar-refractivity contribution in [3.8, 4) is 0 Å². The van der Waals surface area contributed by atoms with E-state index in [2.05, 4.69) is 22.2 Å². The van der Waals surface area contributed by atoms with Gasteiger partial charge in [-0.15, -0.1) is 0 Å². The van der Waals surface area contributed by atoms with E-state index in [1.807, 2.05) is 18.2 Å². The van der Waals surface area contributed by atoms with Crippen molar-refractivity contribution in [2.45, 2.75) is 13.3 Å². The van der Waals surface area contributed by atoms with Crippen molar-refractivity contribution in [1.29, 1.82) is 0 Å². The number of halogens is 1. The van der Waals surface area contributed by atoms with E-state index in [9.17, 15) is 0 Å². The zero-order valence-electron chi connectivity index (χ0n) is 12.9. The highest BCUT2D eigenvalue weighted by Crippen LogP contribution is 2.23. The summed E-state index contributed by atoms with van der Waals surface area (Å²) < 4.78 is 5.39. The van der Waals surface area contributed by atoms with Crippen LogP contribution in [-0.4, -0.2) is 49.4 Å². The lowest BCUT2D eigenvalue weighted by Gasteiger charge is -2.23. The van der Waals surface area contributed by atoms with Gasteiger partial charge in [0.25, 0.3) is 0 Å². The summed E-state index contributed by atoms with van der Waals surface area (Å²) >= 11 is 6.08. The maximum absolute atomic E-state index is 6.08. The summed E-state index contributed by atoms with van der Waals surface area (Å²) in [5.41, 5.74) is 0.903. The normalized spacial score (nSPS) is 16.1. The van der Waals surface area contributed by atoms with E-state index in [-0.39, 0.29) is 0 Å². The molecule has 0 spiro atoms. The number of benzene rings is 1. The van der Waals surface area contributed by atoms with E-state index < -0.39 is 0 Å². The van der Waals surface area contributed by atoms with Gasteiger partial charge in [-0.3, -0.25) is 0 Å². The molecule has 22 heavy (non-hydrogen) atoms. The third-order valence-electron chi connectivity index (χ3n) is 3.99. The fraction of sp³-hybridized carbons (Fsp3) is 0.500. The fourth-order valence-electron chi connectivity index (χ4n) is 2.71. The molecule has 0 aliphatic carbocycles. The molecule has 0 unspecified atom stereocenters. The lowest BCUT2D eigenvalue weighted by Crippen LogP contribution is -3.14. The highest BCUT2D eigenvalue weighted by atomic mass is 35.5. The number of aryl methyl sites for hydroxylation is 1. The molecule has 1 aromatic carbocycles. The SMILES string of the molecule is CCc1nc(NCC[NH+]2CCOCC2)c2ccc(Cl)cc2n1. The van der Waals surface area contributed by atoms with Crippen molar-refractivity contribution in [1.82, 2.24) is 9.97 Å². The molecule has 2 aromatic rings. The molecular weight excluding hydrogens is 300 g/mol. The number of nitrogens with one attached hydrogen (secondary N) is 2. The van der Waals surface area contributed by atoms with Crippen LogP contribution in [0.4, 0.5) is 5.82 Å². The highest BCUT2D eigenvalue weighted by molar-refractivity contribution is 6.31. The van der Waals surface area contributed by atoms with E-state index in [1.165, 1.54) is 0 Å². The first-order valence-corrected chi connectivity index (χ1v) is 8.25. The number of aromatic nitrogens is 2. The van der Waals surface area contributed by atoms with Gasteiger partial charge in [0.15, 0.2) is 0 Å². The zero-order chi connectivity index (χ0) is 15.4. The van der Waals surface area contributed by atoms with E-state index in [4.69, 9.17) is 16.3 Å². The molecule has 1 saturated heterocycles. The Hall–Kier alpha value is -1.43. The van der Waals surface area contributed by atoms with E-state index in [0.29, 0.717) is 5.02 Å². The number of rotatable bonds is 5. The van der Waals surface area contributed by atoms with Gasteiger partial charge < -0.3 is 15.0 Å². The standard InChI is InChI=1S/C16H21ClN4O/c1-2-15-19-14-11-12(17)3-4-13(14)16(20-15)18-5-6-21-7-9-22-10-8-21/h3-4,11H,2,5-10H2,1H3,(H,18,19,20)/p+1. The Bertz CT molecular complexity index is 643. The molecule has 3 rings (SSSR count). The maximum Gasteiger partial charge on any atom is 0.137 e. The first kappa shape index (κ1) is 15.5. The molecule has 6 heteroatoms. The third kappa shape index (κ3) is 3.66. The summed E-state index contributed by atoms with van der Waals surface area (Å²) in [7, 11) is 0. The molecule has 1 aliphatic rings. The average molecular weight is 322 g/mol. The van der Waals surface area contributed by atoms with Crippen molar-refractivity contribution >= 4 is 28.3 Å². The maximum atomic E-state index is 6.08. The van der Waals surface area contributed by atoms with Crippen LogP contribution in [0.2, 0.25) is 5.02 Å². The number of anilines is 1. The molecule has 0 saturated carbocycles. The summed E-state index contributed by atoms with van der Waals surface area (Å²) in [6, 6.07) is 5.77. The molecular formula is C16H22ClN4O+. The molecule has 118 valence electrons. The number of fused-ring (bicyclic) bond motifs is 1. The van der Waals surface area contributed by atoms with Crippen LogP contribution in [0, 0.1) is 0 Å². The first-order chi connectivity index (χ1) is 10.8. The van der Waals surface area contributed by atoms with Gasteiger partial charge in [-0.1, -0.05) is 18.5 Å². The van der Waals surface area contributed by atoms with E-state index >= 15 is 0 Å². The van der Waals surface area contributed by atoms with Crippen LogP contribution in [0.3, 0.4) is 0 Å². The Morgan fingerprint density at radius 2 is 2.09 bits per heavy atom. The number of hydrogen-bond acceptors (Lipinski definition) is 4. The minimum Gasteiger partial charge on any atom is -0.370 e. The number of quaternary nitrogens is 1. The summed E-state index contributed by atoms with van der Waals surface area (Å²) in [6.07, 6.45) is 0.811. The average Bonchev–Trinajstić information content (AvgIpc) is 2.55. The third-order valence-corrected chi connectivity index (χ3v) is 4.23. The van der Waals surface area contributed by atoms with Crippen LogP contribution < -0.4 is 10.2 Å². The van der Waals surface area contributed by atoms with Gasteiger partial charge in [-0.2, -0.15) is 0 Å². The largest absolute Gasteiger partial charge is 0.370 e. The zero-order valence-corrected chi connectivity index (χ0v) is 13.6. The van der Waals surface area contributed by atoms with E-state index in [0.717, 1.165) is 68.4 Å². The number of morpholine rings is 1. The van der Waals surface area contributed by atoms with Gasteiger partial charge in [0.05, 0.1) is 31.8 Å². The quantitative estimate of drug-likeness (QED) is 0.868. The topological polar surface area (TPSA) is 51.5 Å². The van der Waals surface area contributed by atoms with Crippen LogP contribution in [0.1, 0.15) is 12.7 Å². The van der Waals surface area contributed by atoms with Crippen molar-refractivity contribution in [2.75, 3.05) is 44.7 Å². The predicted molar refractivity (Wildman–Crippen MR) is 88.8 cm³/mol. The summed E-state index contributed by atoms with van der Waals surface area (Å²) in [4.78, 5) is 10.8. The second-order valence-electron chi connectivity index (χ2n) is 5.54.